The maximum atomic E-state index is 10.4. The van der Waals surface area contributed by atoms with Crippen molar-refractivity contribution in [2.75, 3.05) is 0 Å². The van der Waals surface area contributed by atoms with Crippen LogP contribution in [0.15, 0.2) is 30.5 Å². The van der Waals surface area contributed by atoms with Crippen molar-refractivity contribution in [1.29, 1.82) is 0 Å². The Morgan fingerprint density at radius 1 is 1.14 bits per heavy atom. The van der Waals surface area contributed by atoms with Crippen molar-refractivity contribution in [2.45, 2.75) is 37.1 Å². The SMILES string of the molecule is N[C@H](C[C@@](O)(Cc1c[nH]c2ccccc12)C(O)O)C(O)O. The van der Waals surface area contributed by atoms with Gasteiger partial charge in [-0.1, -0.05) is 18.2 Å². The molecule has 0 fully saturated rings. The summed E-state index contributed by atoms with van der Waals surface area (Å²) in [6, 6.07) is 6.19. The number of rotatable bonds is 6. The van der Waals surface area contributed by atoms with Crippen LogP contribution in [-0.4, -0.2) is 54.7 Å². The van der Waals surface area contributed by atoms with Gasteiger partial charge in [0.15, 0.2) is 12.6 Å². The van der Waals surface area contributed by atoms with E-state index in [4.69, 9.17) is 15.9 Å². The summed E-state index contributed by atoms with van der Waals surface area (Å²) in [5, 5.41) is 48.2. The fourth-order valence-corrected chi connectivity index (χ4v) is 2.39. The number of aliphatic hydroxyl groups excluding tert-OH is 2. The Balaban J connectivity index is 2.27. The van der Waals surface area contributed by atoms with Crippen molar-refractivity contribution in [2.24, 2.45) is 5.73 Å². The molecule has 0 unspecified atom stereocenters. The normalized spacial score (nSPS) is 16.6. The highest BCUT2D eigenvalue weighted by Crippen LogP contribution is 2.27. The predicted octanol–water partition coefficient (Wildman–Crippen LogP) is -1.22. The molecule has 1 heterocycles. The number of nitrogens with one attached hydrogen (secondary N) is 1. The van der Waals surface area contributed by atoms with Crippen molar-refractivity contribution in [3.63, 3.8) is 0 Å². The Morgan fingerprint density at radius 2 is 1.81 bits per heavy atom. The summed E-state index contributed by atoms with van der Waals surface area (Å²) >= 11 is 0. The lowest BCUT2D eigenvalue weighted by atomic mass is 9.87. The van der Waals surface area contributed by atoms with E-state index in [0.717, 1.165) is 10.9 Å². The van der Waals surface area contributed by atoms with Crippen LogP contribution in [0.2, 0.25) is 0 Å². The van der Waals surface area contributed by atoms with E-state index in [-0.39, 0.29) is 12.8 Å². The van der Waals surface area contributed by atoms with E-state index in [2.05, 4.69) is 4.98 Å². The molecule has 7 heteroatoms. The summed E-state index contributed by atoms with van der Waals surface area (Å²) in [7, 11) is 0. The van der Waals surface area contributed by atoms with E-state index in [1.54, 1.807) is 6.20 Å². The van der Waals surface area contributed by atoms with Crippen LogP contribution in [0.3, 0.4) is 0 Å². The summed E-state index contributed by atoms with van der Waals surface area (Å²) in [6.07, 6.45) is -2.70. The lowest BCUT2D eigenvalue weighted by Crippen LogP contribution is -2.51. The van der Waals surface area contributed by atoms with Gasteiger partial charge in [-0.15, -0.1) is 0 Å². The van der Waals surface area contributed by atoms with Gasteiger partial charge in [-0.05, 0) is 11.6 Å². The zero-order valence-corrected chi connectivity index (χ0v) is 11.3. The van der Waals surface area contributed by atoms with E-state index >= 15 is 0 Å². The topological polar surface area (TPSA) is 143 Å². The van der Waals surface area contributed by atoms with Crippen molar-refractivity contribution < 1.29 is 25.5 Å². The molecule has 21 heavy (non-hydrogen) atoms. The predicted molar refractivity (Wildman–Crippen MR) is 76.0 cm³/mol. The third-order valence-corrected chi connectivity index (χ3v) is 3.62. The van der Waals surface area contributed by atoms with E-state index < -0.39 is 24.2 Å². The molecule has 0 aliphatic rings. The quantitative estimate of drug-likeness (QED) is 0.333. The molecule has 0 radical (unpaired) electrons. The first-order valence-electron chi connectivity index (χ1n) is 6.59. The number of hydrogen-bond donors (Lipinski definition) is 7. The second kappa shape index (κ2) is 6.10. The van der Waals surface area contributed by atoms with Crippen molar-refractivity contribution in [1.82, 2.24) is 4.98 Å². The number of para-hydroxylation sites is 1. The third kappa shape index (κ3) is 3.41. The van der Waals surface area contributed by atoms with Crippen molar-refractivity contribution in [3.8, 4) is 0 Å². The zero-order valence-electron chi connectivity index (χ0n) is 11.3. The summed E-state index contributed by atoms with van der Waals surface area (Å²) < 4.78 is 0. The van der Waals surface area contributed by atoms with Crippen LogP contribution in [0.25, 0.3) is 10.9 Å². The smallest absolute Gasteiger partial charge is 0.181 e. The molecule has 8 N–H and O–H groups in total. The summed E-state index contributed by atoms with van der Waals surface area (Å²) in [6.45, 7) is 0. The molecule has 0 aliphatic heterocycles. The van der Waals surface area contributed by atoms with Crippen LogP contribution in [0.1, 0.15) is 12.0 Å². The van der Waals surface area contributed by atoms with Crippen LogP contribution in [-0.2, 0) is 6.42 Å². The number of fused-ring (bicyclic) bond motifs is 1. The second-order valence-electron chi connectivity index (χ2n) is 5.30. The van der Waals surface area contributed by atoms with Crippen molar-refractivity contribution in [3.05, 3.63) is 36.0 Å². The molecule has 0 amide bonds. The van der Waals surface area contributed by atoms with Gasteiger partial charge in [0.25, 0.3) is 0 Å². The molecule has 116 valence electrons. The zero-order chi connectivity index (χ0) is 15.6. The van der Waals surface area contributed by atoms with Gasteiger partial charge in [0.1, 0.15) is 5.60 Å². The summed E-state index contributed by atoms with van der Waals surface area (Å²) in [4.78, 5) is 3.02. The molecule has 0 bridgehead atoms. The molecule has 0 saturated carbocycles. The van der Waals surface area contributed by atoms with Gasteiger partial charge in [0, 0.05) is 29.9 Å². The Bertz CT molecular complexity index is 598. The van der Waals surface area contributed by atoms with Crippen LogP contribution in [0.4, 0.5) is 0 Å². The molecule has 1 aromatic heterocycles. The van der Waals surface area contributed by atoms with Crippen LogP contribution in [0, 0.1) is 0 Å². The lowest BCUT2D eigenvalue weighted by Gasteiger charge is -2.32. The number of aromatic nitrogens is 1. The average Bonchev–Trinajstić information content (AvgIpc) is 2.81. The van der Waals surface area contributed by atoms with Gasteiger partial charge in [-0.25, -0.2) is 0 Å². The first-order valence-corrected chi connectivity index (χ1v) is 6.59. The van der Waals surface area contributed by atoms with Crippen LogP contribution in [0.5, 0.6) is 0 Å². The van der Waals surface area contributed by atoms with E-state index in [1.165, 1.54) is 0 Å². The Morgan fingerprint density at radius 3 is 2.43 bits per heavy atom. The molecule has 1 aromatic carbocycles. The first-order chi connectivity index (χ1) is 9.83. The Hall–Kier alpha value is -1.48. The number of H-pyrrole nitrogens is 1. The lowest BCUT2D eigenvalue weighted by molar-refractivity contribution is -0.195. The minimum atomic E-state index is -2.06. The largest absolute Gasteiger partial charge is 0.384 e. The molecule has 2 rings (SSSR count). The molecule has 2 aromatic rings. The fourth-order valence-electron chi connectivity index (χ4n) is 2.39. The maximum Gasteiger partial charge on any atom is 0.181 e. The number of benzene rings is 1. The van der Waals surface area contributed by atoms with Gasteiger partial charge in [0.2, 0.25) is 0 Å². The maximum absolute atomic E-state index is 10.4. The van der Waals surface area contributed by atoms with Crippen molar-refractivity contribution >= 4 is 10.9 Å². The number of aliphatic hydroxyl groups is 5. The monoisotopic (exact) mass is 296 g/mol. The summed E-state index contributed by atoms with van der Waals surface area (Å²) in [5.41, 5.74) is 5.05. The number of hydrogen-bond acceptors (Lipinski definition) is 6. The van der Waals surface area contributed by atoms with E-state index in [9.17, 15) is 15.3 Å². The number of aromatic amines is 1. The minimum absolute atomic E-state index is 0.0882. The second-order valence-corrected chi connectivity index (χ2v) is 5.30. The van der Waals surface area contributed by atoms with Gasteiger partial charge in [-0.2, -0.15) is 0 Å². The molecule has 0 spiro atoms. The minimum Gasteiger partial charge on any atom is -0.384 e. The molecular weight excluding hydrogens is 276 g/mol. The van der Waals surface area contributed by atoms with Gasteiger partial charge >= 0.3 is 0 Å². The molecule has 7 nitrogen and oxygen atoms in total. The highest BCUT2D eigenvalue weighted by atomic mass is 16.5. The van der Waals surface area contributed by atoms with E-state index in [0.29, 0.717) is 5.56 Å². The fraction of sp³-hybridized carbons (Fsp3) is 0.429. The molecule has 0 saturated heterocycles. The van der Waals surface area contributed by atoms with Crippen LogP contribution < -0.4 is 5.73 Å². The van der Waals surface area contributed by atoms with Gasteiger partial charge in [-0.3, -0.25) is 0 Å². The first kappa shape index (κ1) is 15.9. The average molecular weight is 296 g/mol. The number of nitrogens with two attached hydrogens (primary N) is 1. The van der Waals surface area contributed by atoms with Crippen LogP contribution >= 0.6 is 0 Å². The Kier molecular flexibility index (Phi) is 4.62. The molecule has 0 aliphatic carbocycles. The third-order valence-electron chi connectivity index (χ3n) is 3.62. The molecular formula is C14H20N2O5. The summed E-state index contributed by atoms with van der Waals surface area (Å²) in [5.74, 6) is 0. The highest BCUT2D eigenvalue weighted by Gasteiger charge is 2.38. The van der Waals surface area contributed by atoms with Gasteiger partial charge < -0.3 is 36.3 Å². The highest BCUT2D eigenvalue weighted by molar-refractivity contribution is 5.83. The van der Waals surface area contributed by atoms with Gasteiger partial charge in [0.05, 0.1) is 6.04 Å². The standard InChI is InChI=1S/C14H20N2O5/c15-10(12(17)18)6-14(21,13(19)20)5-8-7-16-11-4-2-1-3-9(8)11/h1-4,7,10,12-13,16-21H,5-6,15H2/t10-,14+/m1/s1. The Labute approximate surface area is 121 Å². The van der Waals surface area contributed by atoms with E-state index in [1.807, 2.05) is 24.3 Å². The molecule has 2 atom stereocenters.